The maximum absolute atomic E-state index is 12.4. The highest BCUT2D eigenvalue weighted by atomic mass is 35.5. The monoisotopic (exact) mass is 388 g/mol. The molecule has 1 aliphatic heterocycles. The minimum absolute atomic E-state index is 0.142. The van der Waals surface area contributed by atoms with E-state index in [0.29, 0.717) is 28.6 Å². The van der Waals surface area contributed by atoms with Crippen molar-refractivity contribution in [1.82, 2.24) is 0 Å². The molecule has 3 rings (SSSR count). The summed E-state index contributed by atoms with van der Waals surface area (Å²) in [6.45, 7) is 0.746. The predicted molar refractivity (Wildman–Crippen MR) is 105 cm³/mol. The van der Waals surface area contributed by atoms with Crippen LogP contribution >= 0.6 is 11.6 Å². The highest BCUT2D eigenvalue weighted by molar-refractivity contribution is 6.34. The van der Waals surface area contributed by atoms with Crippen molar-refractivity contribution in [1.29, 1.82) is 0 Å². The summed E-state index contributed by atoms with van der Waals surface area (Å²) in [6, 6.07) is 10.7. The van der Waals surface area contributed by atoms with E-state index >= 15 is 0 Å². The van der Waals surface area contributed by atoms with Crippen LogP contribution in [-0.4, -0.2) is 32.6 Å². The Morgan fingerprint density at radius 1 is 1.15 bits per heavy atom. The third kappa shape index (κ3) is 4.34. The van der Waals surface area contributed by atoms with E-state index in [-0.39, 0.29) is 18.2 Å². The van der Waals surface area contributed by atoms with Gasteiger partial charge < -0.3 is 19.7 Å². The van der Waals surface area contributed by atoms with Gasteiger partial charge in [-0.25, -0.2) is 0 Å². The van der Waals surface area contributed by atoms with Gasteiger partial charge in [0.1, 0.15) is 0 Å². The number of rotatable bonds is 6. The van der Waals surface area contributed by atoms with Crippen LogP contribution in [0.25, 0.3) is 0 Å². The maximum atomic E-state index is 12.4. The van der Waals surface area contributed by atoms with Crippen LogP contribution in [0.3, 0.4) is 0 Å². The predicted octanol–water partition coefficient (Wildman–Crippen LogP) is 3.67. The fourth-order valence-corrected chi connectivity index (χ4v) is 3.25. The number of carbonyl (C=O) groups is 2. The zero-order valence-electron chi connectivity index (χ0n) is 15.3. The number of halogens is 1. The van der Waals surface area contributed by atoms with Crippen molar-refractivity contribution >= 4 is 34.8 Å². The lowest BCUT2D eigenvalue weighted by molar-refractivity contribution is -0.117. The Kier molecular flexibility index (Phi) is 5.86. The summed E-state index contributed by atoms with van der Waals surface area (Å²) in [7, 11) is 3.04. The average molecular weight is 389 g/mol. The SMILES string of the molecule is COc1cc(Cl)c(NC(=O)Cc2ccc(N3CCCC3=O)cc2)cc1OC. The Hall–Kier alpha value is -2.73. The summed E-state index contributed by atoms with van der Waals surface area (Å²) in [5, 5.41) is 3.16. The fraction of sp³-hybridized carbons (Fsp3) is 0.300. The van der Waals surface area contributed by atoms with Gasteiger partial charge in [-0.15, -0.1) is 0 Å². The second-order valence-corrected chi connectivity index (χ2v) is 6.63. The number of methoxy groups -OCH3 is 2. The van der Waals surface area contributed by atoms with Gasteiger partial charge in [0.15, 0.2) is 11.5 Å². The van der Waals surface area contributed by atoms with Gasteiger partial charge in [0.05, 0.1) is 31.4 Å². The van der Waals surface area contributed by atoms with Gasteiger partial charge in [-0.3, -0.25) is 9.59 Å². The summed E-state index contributed by atoms with van der Waals surface area (Å²) >= 11 is 6.20. The standard InChI is InChI=1S/C20H21ClN2O4/c1-26-17-11-15(21)16(12-18(17)27-2)22-19(24)10-13-5-7-14(8-6-13)23-9-3-4-20(23)25/h5-8,11-12H,3-4,9-10H2,1-2H3,(H,22,24). The third-order valence-electron chi connectivity index (χ3n) is 4.43. The van der Waals surface area contributed by atoms with Crippen LogP contribution in [0.2, 0.25) is 5.02 Å². The molecule has 0 atom stereocenters. The van der Waals surface area contributed by atoms with Gasteiger partial charge in [0.2, 0.25) is 11.8 Å². The van der Waals surface area contributed by atoms with E-state index in [0.717, 1.165) is 24.2 Å². The smallest absolute Gasteiger partial charge is 0.228 e. The highest BCUT2D eigenvalue weighted by Gasteiger charge is 2.21. The number of nitrogens with one attached hydrogen (secondary N) is 1. The first-order chi connectivity index (χ1) is 13.0. The van der Waals surface area contributed by atoms with Crippen LogP contribution in [0.5, 0.6) is 11.5 Å². The van der Waals surface area contributed by atoms with E-state index in [9.17, 15) is 9.59 Å². The quantitative estimate of drug-likeness (QED) is 0.819. The Labute approximate surface area is 163 Å². The Bertz CT molecular complexity index is 852. The third-order valence-corrected chi connectivity index (χ3v) is 4.75. The van der Waals surface area contributed by atoms with Crippen molar-refractivity contribution in [2.24, 2.45) is 0 Å². The van der Waals surface area contributed by atoms with E-state index in [1.165, 1.54) is 14.2 Å². The molecule has 2 aromatic rings. The van der Waals surface area contributed by atoms with Crippen LogP contribution in [-0.2, 0) is 16.0 Å². The van der Waals surface area contributed by atoms with Crippen molar-refractivity contribution in [2.45, 2.75) is 19.3 Å². The van der Waals surface area contributed by atoms with Crippen LogP contribution in [0.4, 0.5) is 11.4 Å². The number of amides is 2. The topological polar surface area (TPSA) is 67.9 Å². The van der Waals surface area contributed by atoms with E-state index in [2.05, 4.69) is 5.32 Å². The highest BCUT2D eigenvalue weighted by Crippen LogP contribution is 2.36. The summed E-state index contributed by atoms with van der Waals surface area (Å²) in [6.07, 6.45) is 1.67. The molecule has 2 aromatic carbocycles. The van der Waals surface area contributed by atoms with E-state index in [1.807, 2.05) is 24.3 Å². The van der Waals surface area contributed by atoms with Gasteiger partial charge in [-0.2, -0.15) is 0 Å². The lowest BCUT2D eigenvalue weighted by Crippen LogP contribution is -2.23. The molecule has 1 fully saturated rings. The number of anilines is 2. The Balaban J connectivity index is 1.66. The first-order valence-electron chi connectivity index (χ1n) is 8.62. The molecule has 6 nitrogen and oxygen atoms in total. The maximum Gasteiger partial charge on any atom is 0.228 e. The molecule has 2 amide bonds. The number of nitrogens with zero attached hydrogens (tertiary/aromatic N) is 1. The van der Waals surface area contributed by atoms with Crippen LogP contribution in [0, 0.1) is 0 Å². The zero-order valence-corrected chi connectivity index (χ0v) is 16.0. The van der Waals surface area contributed by atoms with E-state index in [4.69, 9.17) is 21.1 Å². The molecule has 0 unspecified atom stereocenters. The van der Waals surface area contributed by atoms with Crippen molar-refractivity contribution < 1.29 is 19.1 Å². The molecule has 27 heavy (non-hydrogen) atoms. The van der Waals surface area contributed by atoms with Gasteiger partial charge in [0, 0.05) is 30.8 Å². The number of carbonyl (C=O) groups excluding carboxylic acids is 2. The Morgan fingerprint density at radius 3 is 2.41 bits per heavy atom. The van der Waals surface area contributed by atoms with Crippen molar-refractivity contribution in [2.75, 3.05) is 31.0 Å². The van der Waals surface area contributed by atoms with E-state index in [1.54, 1.807) is 17.0 Å². The molecule has 1 saturated heterocycles. The molecule has 0 aliphatic carbocycles. The normalized spacial score (nSPS) is 13.6. The lowest BCUT2D eigenvalue weighted by Gasteiger charge is -2.16. The molecule has 1 N–H and O–H groups in total. The number of hydrogen-bond donors (Lipinski definition) is 1. The number of benzene rings is 2. The van der Waals surface area contributed by atoms with Crippen LogP contribution in [0.1, 0.15) is 18.4 Å². The second-order valence-electron chi connectivity index (χ2n) is 6.23. The molecule has 0 aromatic heterocycles. The largest absolute Gasteiger partial charge is 0.493 e. The number of hydrogen-bond acceptors (Lipinski definition) is 4. The fourth-order valence-electron chi connectivity index (χ4n) is 3.04. The summed E-state index contributed by atoms with van der Waals surface area (Å²) in [4.78, 5) is 25.9. The first-order valence-corrected chi connectivity index (χ1v) is 9.00. The first kappa shape index (κ1) is 19.0. The van der Waals surface area contributed by atoms with Gasteiger partial charge >= 0.3 is 0 Å². The van der Waals surface area contributed by atoms with E-state index < -0.39 is 0 Å². The van der Waals surface area contributed by atoms with Crippen molar-refractivity contribution in [3.05, 3.63) is 47.0 Å². The summed E-state index contributed by atoms with van der Waals surface area (Å²) < 4.78 is 10.4. The summed E-state index contributed by atoms with van der Waals surface area (Å²) in [5.41, 5.74) is 2.17. The summed E-state index contributed by atoms with van der Waals surface area (Å²) in [5.74, 6) is 0.919. The average Bonchev–Trinajstić information content (AvgIpc) is 3.09. The molecule has 0 saturated carbocycles. The molecule has 0 spiro atoms. The molecule has 1 aliphatic rings. The molecular formula is C20H21ClN2O4. The van der Waals surface area contributed by atoms with Gasteiger partial charge in [0.25, 0.3) is 0 Å². The molecule has 142 valence electrons. The lowest BCUT2D eigenvalue weighted by atomic mass is 10.1. The number of ether oxygens (including phenoxy) is 2. The van der Waals surface area contributed by atoms with Crippen molar-refractivity contribution in [3.8, 4) is 11.5 Å². The molecule has 0 radical (unpaired) electrons. The molecule has 0 bridgehead atoms. The van der Waals surface area contributed by atoms with Crippen molar-refractivity contribution in [3.63, 3.8) is 0 Å². The minimum atomic E-state index is -0.200. The minimum Gasteiger partial charge on any atom is -0.493 e. The molecule has 7 heteroatoms. The second kappa shape index (κ2) is 8.31. The Morgan fingerprint density at radius 2 is 1.81 bits per heavy atom. The van der Waals surface area contributed by atoms with Gasteiger partial charge in [-0.1, -0.05) is 23.7 Å². The van der Waals surface area contributed by atoms with Crippen LogP contribution in [0.15, 0.2) is 36.4 Å². The molecular weight excluding hydrogens is 368 g/mol. The molecule has 1 heterocycles. The van der Waals surface area contributed by atoms with Crippen LogP contribution < -0.4 is 19.7 Å². The zero-order chi connectivity index (χ0) is 19.4. The van der Waals surface area contributed by atoms with Gasteiger partial charge in [-0.05, 0) is 24.1 Å².